The molecule has 136 valence electrons. The Kier molecular flexibility index (Phi) is 4.79. The highest BCUT2D eigenvalue weighted by Gasteiger charge is 2.29. The molecule has 2 fully saturated rings. The van der Waals surface area contributed by atoms with Gasteiger partial charge in [0.2, 0.25) is 0 Å². The van der Waals surface area contributed by atoms with Crippen molar-refractivity contribution in [1.29, 1.82) is 0 Å². The summed E-state index contributed by atoms with van der Waals surface area (Å²) in [6.45, 7) is 3.23. The Morgan fingerprint density at radius 2 is 1.92 bits per heavy atom. The fourth-order valence-corrected chi connectivity index (χ4v) is 3.71. The minimum Gasteiger partial charge on any atom is -0.378 e. The summed E-state index contributed by atoms with van der Waals surface area (Å²) in [6.07, 6.45) is 3.87. The van der Waals surface area contributed by atoms with Crippen LogP contribution in [0.3, 0.4) is 0 Å². The molecule has 0 aromatic heterocycles. The Labute approximate surface area is 152 Å². The largest absolute Gasteiger partial charge is 0.378 e. The molecule has 2 heterocycles. The summed E-state index contributed by atoms with van der Waals surface area (Å²) in [5.41, 5.74) is 2.74. The van der Waals surface area contributed by atoms with Crippen molar-refractivity contribution >= 4 is 17.5 Å². The van der Waals surface area contributed by atoms with Gasteiger partial charge in [0.1, 0.15) is 0 Å². The minimum absolute atomic E-state index is 0.00802. The normalized spacial score (nSPS) is 25.5. The first-order chi connectivity index (χ1) is 12.7. The van der Waals surface area contributed by atoms with Gasteiger partial charge in [-0.1, -0.05) is 0 Å². The highest BCUT2D eigenvalue weighted by atomic mass is 16.5. The fourth-order valence-electron chi connectivity index (χ4n) is 3.71. The van der Waals surface area contributed by atoms with E-state index in [4.69, 9.17) is 4.74 Å². The maximum atomic E-state index is 12.6. The number of azo groups is 1. The predicted molar refractivity (Wildman–Crippen MR) is 96.3 cm³/mol. The number of rotatable bonds is 3. The molecule has 7 nitrogen and oxygen atoms in total. The van der Waals surface area contributed by atoms with Crippen molar-refractivity contribution in [2.75, 3.05) is 31.2 Å². The lowest BCUT2D eigenvalue weighted by Gasteiger charge is -2.30. The third-order valence-electron chi connectivity index (χ3n) is 5.14. The second-order valence-corrected chi connectivity index (χ2v) is 6.89. The van der Waals surface area contributed by atoms with Crippen molar-refractivity contribution in [3.05, 3.63) is 41.5 Å². The van der Waals surface area contributed by atoms with Gasteiger partial charge in [0.25, 0.3) is 11.8 Å². The fraction of sp³-hybridized carbons (Fsp3) is 0.474. The summed E-state index contributed by atoms with van der Waals surface area (Å²) in [4.78, 5) is 26.2. The van der Waals surface area contributed by atoms with E-state index in [1.807, 2.05) is 24.3 Å². The molecule has 3 aliphatic rings. The van der Waals surface area contributed by atoms with Gasteiger partial charge in [-0.25, -0.2) is 0 Å². The van der Waals surface area contributed by atoms with E-state index >= 15 is 0 Å². The molecular formula is C19H22N4O3. The van der Waals surface area contributed by atoms with Gasteiger partial charge in [0.05, 0.1) is 19.3 Å². The van der Waals surface area contributed by atoms with Crippen LogP contribution in [0.4, 0.5) is 5.69 Å². The van der Waals surface area contributed by atoms with Gasteiger partial charge in [-0.2, -0.15) is 5.11 Å². The van der Waals surface area contributed by atoms with Crippen molar-refractivity contribution in [3.8, 4) is 0 Å². The van der Waals surface area contributed by atoms with E-state index in [0.717, 1.165) is 50.4 Å². The smallest absolute Gasteiger partial charge is 0.287 e. The first-order valence-electron chi connectivity index (χ1n) is 9.08. The molecule has 1 saturated carbocycles. The van der Waals surface area contributed by atoms with E-state index in [9.17, 15) is 9.59 Å². The van der Waals surface area contributed by atoms with Crippen LogP contribution >= 0.6 is 0 Å². The first kappa shape index (κ1) is 16.9. The minimum atomic E-state index is -0.304. The Balaban J connectivity index is 1.36. The van der Waals surface area contributed by atoms with Crippen LogP contribution < -0.4 is 10.2 Å². The molecule has 26 heavy (non-hydrogen) atoms. The van der Waals surface area contributed by atoms with Crippen LogP contribution in [0.2, 0.25) is 0 Å². The number of hydrogen-bond acceptors (Lipinski definition) is 5. The summed E-state index contributed by atoms with van der Waals surface area (Å²) >= 11 is 0. The molecule has 1 N–H and O–H groups in total. The molecule has 2 aliphatic heterocycles. The van der Waals surface area contributed by atoms with E-state index in [0.29, 0.717) is 12.0 Å². The molecule has 2 atom stereocenters. The number of carbonyl (C=O) groups excluding carboxylic acids is 2. The maximum Gasteiger partial charge on any atom is 0.287 e. The summed E-state index contributed by atoms with van der Waals surface area (Å²) in [7, 11) is 0. The predicted octanol–water partition coefficient (Wildman–Crippen LogP) is 2.09. The molecule has 2 unspecified atom stereocenters. The number of anilines is 1. The van der Waals surface area contributed by atoms with Gasteiger partial charge in [0, 0.05) is 36.5 Å². The molecule has 7 heteroatoms. The summed E-state index contributed by atoms with van der Waals surface area (Å²) in [5.74, 6) is -0.381. The van der Waals surface area contributed by atoms with E-state index in [1.165, 1.54) is 0 Å². The van der Waals surface area contributed by atoms with E-state index in [1.54, 1.807) is 6.08 Å². The van der Waals surface area contributed by atoms with Crippen molar-refractivity contribution in [1.82, 2.24) is 5.32 Å². The third kappa shape index (κ3) is 3.67. The highest BCUT2D eigenvalue weighted by molar-refractivity contribution is 5.95. The zero-order valence-corrected chi connectivity index (χ0v) is 14.6. The number of amides is 2. The quantitative estimate of drug-likeness (QED) is 0.901. The van der Waals surface area contributed by atoms with Gasteiger partial charge < -0.3 is 15.0 Å². The first-order valence-corrected chi connectivity index (χ1v) is 9.08. The molecule has 0 spiro atoms. The van der Waals surface area contributed by atoms with Gasteiger partial charge >= 0.3 is 0 Å². The molecule has 0 radical (unpaired) electrons. The Hall–Kier alpha value is -2.54. The van der Waals surface area contributed by atoms with E-state index in [-0.39, 0.29) is 23.9 Å². The van der Waals surface area contributed by atoms with E-state index < -0.39 is 0 Å². The number of benzene rings is 1. The molecule has 0 bridgehead atoms. The summed E-state index contributed by atoms with van der Waals surface area (Å²) in [6, 6.07) is 7.74. The van der Waals surface area contributed by atoms with Crippen LogP contribution in [0.1, 0.15) is 29.6 Å². The number of hydrogen-bond donors (Lipinski definition) is 1. The average molecular weight is 354 g/mol. The number of ether oxygens (including phenoxy) is 1. The molecule has 1 aliphatic carbocycles. The second kappa shape index (κ2) is 7.37. The maximum absolute atomic E-state index is 12.6. The zero-order chi connectivity index (χ0) is 17.9. The van der Waals surface area contributed by atoms with Crippen LogP contribution in [-0.4, -0.2) is 50.2 Å². The third-order valence-corrected chi connectivity index (χ3v) is 5.14. The van der Waals surface area contributed by atoms with Crippen LogP contribution in [-0.2, 0) is 9.53 Å². The monoisotopic (exact) mass is 354 g/mol. The Morgan fingerprint density at radius 3 is 2.69 bits per heavy atom. The molecule has 1 saturated heterocycles. The highest BCUT2D eigenvalue weighted by Crippen LogP contribution is 2.29. The summed E-state index contributed by atoms with van der Waals surface area (Å²) in [5, 5.41) is 10.7. The van der Waals surface area contributed by atoms with Crippen molar-refractivity contribution in [2.45, 2.75) is 31.3 Å². The number of fused-ring (bicyclic) bond motifs is 1. The number of nitrogens with zero attached hydrogens (tertiary/aromatic N) is 3. The number of morpholine rings is 1. The molecule has 1 aromatic carbocycles. The van der Waals surface area contributed by atoms with Gasteiger partial charge in [-0.15, -0.1) is 5.11 Å². The van der Waals surface area contributed by atoms with Crippen LogP contribution in [0.15, 0.2) is 46.1 Å². The van der Waals surface area contributed by atoms with E-state index in [2.05, 4.69) is 20.4 Å². The zero-order valence-electron chi connectivity index (χ0n) is 14.6. The molecule has 4 rings (SSSR count). The van der Waals surface area contributed by atoms with Crippen molar-refractivity contribution in [3.63, 3.8) is 0 Å². The second-order valence-electron chi connectivity index (χ2n) is 6.89. The lowest BCUT2D eigenvalue weighted by atomic mass is 9.86. The van der Waals surface area contributed by atoms with Gasteiger partial charge in [-0.05, 0) is 49.1 Å². The topological polar surface area (TPSA) is 83.4 Å². The van der Waals surface area contributed by atoms with Gasteiger partial charge in [-0.3, -0.25) is 9.59 Å². The van der Waals surface area contributed by atoms with Crippen molar-refractivity contribution in [2.24, 2.45) is 10.2 Å². The lowest BCUT2D eigenvalue weighted by Crippen LogP contribution is -2.40. The Bertz CT molecular complexity index is 751. The van der Waals surface area contributed by atoms with Gasteiger partial charge in [0.15, 0.2) is 0 Å². The standard InChI is InChI=1S/C19H22N4O3/c24-18-12-14-11-15(3-6-17(14)21-22-18)20-19(25)13-1-4-16(5-2-13)23-7-9-26-10-8-23/h1-2,4-5,12,15,17H,3,6-11H2,(H,20,25). The van der Waals surface area contributed by atoms with Crippen LogP contribution in [0.5, 0.6) is 0 Å². The SMILES string of the molecule is O=C1C=C2CC(NC(=O)c3ccc(N4CCOCC4)cc3)CCC2N=N1. The average Bonchev–Trinajstić information content (AvgIpc) is 2.68. The van der Waals surface area contributed by atoms with Crippen LogP contribution in [0.25, 0.3) is 0 Å². The summed E-state index contributed by atoms with van der Waals surface area (Å²) < 4.78 is 5.37. The van der Waals surface area contributed by atoms with Crippen LogP contribution in [0, 0.1) is 0 Å². The Morgan fingerprint density at radius 1 is 1.15 bits per heavy atom. The molecule has 1 aromatic rings. The number of nitrogens with one attached hydrogen (secondary N) is 1. The van der Waals surface area contributed by atoms with Crippen molar-refractivity contribution < 1.29 is 14.3 Å². The molecule has 2 amide bonds. The number of carbonyl (C=O) groups is 2. The molecular weight excluding hydrogens is 332 g/mol. The lowest BCUT2D eigenvalue weighted by molar-refractivity contribution is -0.114.